The lowest BCUT2D eigenvalue weighted by Crippen LogP contribution is -1.86. The second-order valence-electron chi connectivity index (χ2n) is 4.05. The largest absolute Gasteiger partial charge is 0.497 e. The molecule has 1 aromatic carbocycles. The van der Waals surface area contributed by atoms with Gasteiger partial charge in [0.25, 0.3) is 5.89 Å². The zero-order valence-corrected chi connectivity index (χ0v) is 10.8. The topological polar surface area (TPSA) is 120 Å². The van der Waals surface area contributed by atoms with E-state index in [0.717, 1.165) is 5.56 Å². The molecule has 0 fully saturated rings. The van der Waals surface area contributed by atoms with Gasteiger partial charge in [0, 0.05) is 5.56 Å². The van der Waals surface area contributed by atoms with Gasteiger partial charge in [-0.3, -0.25) is 0 Å². The van der Waals surface area contributed by atoms with Crippen molar-refractivity contribution in [3.8, 4) is 28.7 Å². The van der Waals surface area contributed by atoms with Crippen LogP contribution in [-0.4, -0.2) is 32.4 Å². The van der Waals surface area contributed by atoms with Crippen molar-refractivity contribution in [3.05, 3.63) is 40.4 Å². The maximum absolute atomic E-state index is 10.6. The summed E-state index contributed by atoms with van der Waals surface area (Å²) in [6, 6.07) is 8.32. The summed E-state index contributed by atoms with van der Waals surface area (Å²) in [5.41, 5.74) is 0.949. The van der Waals surface area contributed by atoms with E-state index >= 15 is 0 Å². The smallest absolute Gasteiger partial charge is 0.343 e. The molecular weight excluding hydrogens is 278 g/mol. The van der Waals surface area contributed by atoms with Gasteiger partial charge < -0.3 is 19.4 Å². The van der Waals surface area contributed by atoms with E-state index < -0.39 is 4.92 Å². The van der Waals surface area contributed by atoms with Crippen molar-refractivity contribution >= 4 is 5.82 Å². The van der Waals surface area contributed by atoms with E-state index in [-0.39, 0.29) is 17.4 Å². The fourth-order valence-electron chi connectivity index (χ4n) is 1.70. The first-order chi connectivity index (χ1) is 10.2. The maximum Gasteiger partial charge on any atom is 0.343 e. The molecule has 1 N–H and O–H groups in total. The Balaban J connectivity index is 1.89. The molecule has 2 heterocycles. The lowest BCUT2D eigenvalue weighted by atomic mass is 10.2. The number of ether oxygens (including phenoxy) is 1. The van der Waals surface area contributed by atoms with Gasteiger partial charge in [-0.25, -0.2) is 0 Å². The van der Waals surface area contributed by atoms with Crippen molar-refractivity contribution in [2.75, 3.05) is 7.11 Å². The predicted octanol–water partition coefficient (Wildman–Crippen LogP) is 2.04. The third kappa shape index (κ3) is 2.43. The van der Waals surface area contributed by atoms with Gasteiger partial charge in [0.15, 0.2) is 5.69 Å². The standard InChI is InChI=1S/C12H9N5O4/c1-20-8-4-2-7(3-5-8)11-13-12(21-16-11)9-6-10(15-14-9)17(18)19/h2-6H,1H3,(H,14,15). The molecule has 0 amide bonds. The van der Waals surface area contributed by atoms with Crippen molar-refractivity contribution in [2.24, 2.45) is 0 Å². The number of nitrogens with one attached hydrogen (secondary N) is 1. The van der Waals surface area contributed by atoms with Crippen molar-refractivity contribution in [1.29, 1.82) is 0 Å². The Kier molecular flexibility index (Phi) is 3.07. The highest BCUT2D eigenvalue weighted by atomic mass is 16.6. The molecule has 0 unspecified atom stereocenters. The van der Waals surface area contributed by atoms with Crippen LogP contribution < -0.4 is 4.74 Å². The second-order valence-corrected chi connectivity index (χ2v) is 4.05. The number of nitro groups is 1. The maximum atomic E-state index is 10.6. The summed E-state index contributed by atoms with van der Waals surface area (Å²) in [6.45, 7) is 0. The summed E-state index contributed by atoms with van der Waals surface area (Å²) in [6.07, 6.45) is 0. The number of hydrogen-bond donors (Lipinski definition) is 1. The summed E-state index contributed by atoms with van der Waals surface area (Å²) in [7, 11) is 1.58. The Labute approximate surface area is 117 Å². The molecule has 0 aliphatic carbocycles. The summed E-state index contributed by atoms with van der Waals surface area (Å²) in [4.78, 5) is 14.2. The number of H-pyrrole nitrogens is 1. The molecule has 9 nitrogen and oxygen atoms in total. The molecule has 21 heavy (non-hydrogen) atoms. The van der Waals surface area contributed by atoms with Crippen molar-refractivity contribution in [3.63, 3.8) is 0 Å². The molecule has 3 rings (SSSR count). The summed E-state index contributed by atoms with van der Waals surface area (Å²) < 4.78 is 10.1. The molecule has 0 saturated carbocycles. The highest BCUT2D eigenvalue weighted by molar-refractivity contribution is 5.59. The summed E-state index contributed by atoms with van der Waals surface area (Å²) in [5.74, 6) is 0.933. The molecule has 0 aliphatic rings. The molecule has 0 saturated heterocycles. The molecule has 2 aromatic heterocycles. The Morgan fingerprint density at radius 1 is 1.33 bits per heavy atom. The molecule has 0 bridgehead atoms. The average Bonchev–Trinajstić information content (AvgIpc) is 3.16. The monoisotopic (exact) mass is 287 g/mol. The van der Waals surface area contributed by atoms with Crippen LogP contribution in [0.2, 0.25) is 0 Å². The predicted molar refractivity (Wildman–Crippen MR) is 70.5 cm³/mol. The summed E-state index contributed by atoms with van der Waals surface area (Å²) in [5, 5.41) is 20.4. The van der Waals surface area contributed by atoms with Gasteiger partial charge in [-0.15, -0.1) is 5.10 Å². The minimum Gasteiger partial charge on any atom is -0.497 e. The molecule has 106 valence electrons. The number of rotatable bonds is 4. The summed E-state index contributed by atoms with van der Waals surface area (Å²) >= 11 is 0. The second kappa shape index (κ2) is 5.04. The molecular formula is C12H9N5O4. The van der Waals surface area contributed by atoms with E-state index in [1.54, 1.807) is 31.4 Å². The van der Waals surface area contributed by atoms with Gasteiger partial charge in [-0.05, 0) is 29.2 Å². The van der Waals surface area contributed by atoms with Crippen LogP contribution in [0.15, 0.2) is 34.9 Å². The van der Waals surface area contributed by atoms with E-state index in [4.69, 9.17) is 9.26 Å². The van der Waals surface area contributed by atoms with Crippen molar-refractivity contribution < 1.29 is 14.2 Å². The quantitative estimate of drug-likeness (QED) is 0.575. The van der Waals surface area contributed by atoms with Gasteiger partial charge in [-0.1, -0.05) is 10.3 Å². The SMILES string of the molecule is COc1ccc(-c2noc(-c3cc([N+](=O)[O-])[nH]n3)n2)cc1. The van der Waals surface area contributed by atoms with Gasteiger partial charge >= 0.3 is 5.82 Å². The number of aromatic nitrogens is 4. The van der Waals surface area contributed by atoms with E-state index in [1.165, 1.54) is 6.07 Å². The van der Waals surface area contributed by atoms with E-state index in [9.17, 15) is 10.1 Å². The first kappa shape index (κ1) is 12.8. The zero-order chi connectivity index (χ0) is 14.8. The first-order valence-electron chi connectivity index (χ1n) is 5.85. The molecule has 3 aromatic rings. The minimum absolute atomic E-state index is 0.102. The lowest BCUT2D eigenvalue weighted by Gasteiger charge is -1.98. The third-order valence-electron chi connectivity index (χ3n) is 2.75. The van der Waals surface area contributed by atoms with E-state index in [2.05, 4.69) is 20.3 Å². The van der Waals surface area contributed by atoms with E-state index in [0.29, 0.717) is 11.6 Å². The minimum atomic E-state index is -0.586. The first-order valence-corrected chi connectivity index (χ1v) is 5.85. The molecule has 0 spiro atoms. The van der Waals surface area contributed by atoms with Gasteiger partial charge in [0.1, 0.15) is 5.75 Å². The normalized spacial score (nSPS) is 10.5. The number of benzene rings is 1. The molecule has 0 aliphatic heterocycles. The lowest BCUT2D eigenvalue weighted by molar-refractivity contribution is -0.389. The molecule has 9 heteroatoms. The van der Waals surface area contributed by atoms with Crippen LogP contribution in [0.3, 0.4) is 0 Å². The average molecular weight is 287 g/mol. The Morgan fingerprint density at radius 2 is 2.10 bits per heavy atom. The zero-order valence-electron chi connectivity index (χ0n) is 10.8. The number of methoxy groups -OCH3 is 1. The van der Waals surface area contributed by atoms with Gasteiger partial charge in [0.2, 0.25) is 5.82 Å². The van der Waals surface area contributed by atoms with Crippen LogP contribution >= 0.6 is 0 Å². The number of hydrogen-bond acceptors (Lipinski definition) is 7. The van der Waals surface area contributed by atoms with Crippen molar-refractivity contribution in [1.82, 2.24) is 20.3 Å². The van der Waals surface area contributed by atoms with Crippen molar-refractivity contribution in [2.45, 2.75) is 0 Å². The number of aromatic amines is 1. The van der Waals surface area contributed by atoms with Crippen LogP contribution in [0.25, 0.3) is 23.0 Å². The fourth-order valence-corrected chi connectivity index (χ4v) is 1.70. The fraction of sp³-hybridized carbons (Fsp3) is 0.0833. The number of nitrogens with zero attached hydrogens (tertiary/aromatic N) is 4. The van der Waals surface area contributed by atoms with Crippen LogP contribution in [0, 0.1) is 10.1 Å². The van der Waals surface area contributed by atoms with Crippen LogP contribution in [-0.2, 0) is 0 Å². The Hall–Kier alpha value is -3.23. The van der Waals surface area contributed by atoms with E-state index in [1.807, 2.05) is 0 Å². The van der Waals surface area contributed by atoms with Crippen LogP contribution in [0.5, 0.6) is 5.75 Å². The highest BCUT2D eigenvalue weighted by Gasteiger charge is 2.17. The Bertz CT molecular complexity index is 777. The highest BCUT2D eigenvalue weighted by Crippen LogP contribution is 2.24. The van der Waals surface area contributed by atoms with Gasteiger partial charge in [-0.2, -0.15) is 4.98 Å². The molecule has 0 atom stereocenters. The van der Waals surface area contributed by atoms with Crippen LogP contribution in [0.1, 0.15) is 0 Å². The van der Waals surface area contributed by atoms with Crippen LogP contribution in [0.4, 0.5) is 5.82 Å². The third-order valence-corrected chi connectivity index (χ3v) is 2.75. The van der Waals surface area contributed by atoms with Gasteiger partial charge in [0.05, 0.1) is 13.2 Å². The molecule has 0 radical (unpaired) electrons. The Morgan fingerprint density at radius 3 is 2.71 bits per heavy atom.